The van der Waals surface area contributed by atoms with Crippen LogP contribution in [0.4, 0.5) is 4.39 Å². The molecule has 0 bridgehead atoms. The van der Waals surface area contributed by atoms with Gasteiger partial charge >= 0.3 is 0 Å². The van der Waals surface area contributed by atoms with Crippen LogP contribution in [0.25, 0.3) is 22.0 Å². The van der Waals surface area contributed by atoms with Crippen molar-refractivity contribution >= 4 is 39.8 Å². The van der Waals surface area contributed by atoms with Crippen LogP contribution in [0.1, 0.15) is 35.6 Å². The molecular weight excluding hydrogens is 487 g/mol. The van der Waals surface area contributed by atoms with E-state index < -0.39 is 17.6 Å². The van der Waals surface area contributed by atoms with E-state index in [4.69, 9.17) is 4.74 Å². The summed E-state index contributed by atoms with van der Waals surface area (Å²) in [6, 6.07) is 10.8. The lowest BCUT2D eigenvalue weighted by atomic mass is 9.93. The van der Waals surface area contributed by atoms with Crippen LogP contribution in [-0.2, 0) is 20.8 Å². The Hall–Kier alpha value is -3.98. The molecule has 1 N–H and O–H groups in total. The fourth-order valence-corrected chi connectivity index (χ4v) is 5.88. The van der Waals surface area contributed by atoms with Gasteiger partial charge in [-0.15, -0.1) is 0 Å². The number of likely N-dealkylation sites (N-methyl/N-ethyl adjacent to an activating group) is 1. The second-order valence-electron chi connectivity index (χ2n) is 10.4. The molecule has 3 aliphatic rings. The maximum absolute atomic E-state index is 15.2. The van der Waals surface area contributed by atoms with Gasteiger partial charge in [0.05, 0.1) is 29.9 Å². The van der Waals surface area contributed by atoms with E-state index in [-0.39, 0.29) is 28.7 Å². The summed E-state index contributed by atoms with van der Waals surface area (Å²) in [6.45, 7) is 2.07. The van der Waals surface area contributed by atoms with Crippen molar-refractivity contribution < 1.29 is 23.5 Å². The quantitative estimate of drug-likeness (QED) is 0.528. The van der Waals surface area contributed by atoms with Crippen molar-refractivity contribution in [1.29, 1.82) is 0 Å². The molecule has 196 valence electrons. The Morgan fingerprint density at radius 1 is 1.08 bits per heavy atom. The zero-order chi connectivity index (χ0) is 26.6. The van der Waals surface area contributed by atoms with Gasteiger partial charge in [0, 0.05) is 48.2 Å². The number of fused-ring (bicyclic) bond motifs is 2. The molecule has 9 heteroatoms. The number of para-hydroxylation sites is 1. The molecule has 0 aliphatic carbocycles. The number of nitrogens with zero attached hydrogens (tertiary/aromatic N) is 3. The number of amides is 3. The van der Waals surface area contributed by atoms with Crippen LogP contribution in [0, 0.1) is 5.82 Å². The van der Waals surface area contributed by atoms with Crippen molar-refractivity contribution in [3.63, 3.8) is 0 Å². The van der Waals surface area contributed by atoms with E-state index in [1.54, 1.807) is 6.07 Å². The first kappa shape index (κ1) is 24.4. The Balaban J connectivity index is 1.44. The highest BCUT2D eigenvalue weighted by molar-refractivity contribution is 6.50. The van der Waals surface area contributed by atoms with Gasteiger partial charge in [0.15, 0.2) is 0 Å². The second-order valence-corrected chi connectivity index (χ2v) is 10.4. The zero-order valence-corrected chi connectivity index (χ0v) is 21.4. The van der Waals surface area contributed by atoms with Crippen molar-refractivity contribution in [3.05, 3.63) is 65.1 Å². The summed E-state index contributed by atoms with van der Waals surface area (Å²) >= 11 is 0. The zero-order valence-electron chi connectivity index (χ0n) is 21.4. The first-order chi connectivity index (χ1) is 18.3. The summed E-state index contributed by atoms with van der Waals surface area (Å²) in [5.74, 6) is -1.33. The summed E-state index contributed by atoms with van der Waals surface area (Å²) < 4.78 is 23.1. The van der Waals surface area contributed by atoms with Crippen molar-refractivity contribution in [1.82, 2.24) is 19.7 Å². The van der Waals surface area contributed by atoms with E-state index >= 15 is 4.39 Å². The van der Waals surface area contributed by atoms with E-state index in [1.165, 1.54) is 6.07 Å². The van der Waals surface area contributed by atoms with Crippen LogP contribution >= 0.6 is 0 Å². The largest absolute Gasteiger partial charge is 0.492 e. The fourth-order valence-electron chi connectivity index (χ4n) is 5.88. The van der Waals surface area contributed by atoms with Crippen LogP contribution < -0.4 is 10.1 Å². The van der Waals surface area contributed by atoms with E-state index in [0.717, 1.165) is 29.3 Å². The van der Waals surface area contributed by atoms with E-state index in [0.29, 0.717) is 44.0 Å². The molecule has 1 saturated heterocycles. The standard InChI is InChI=1S/C29H29FN4O4/c1-32(2)16-23(35)33-12-9-18(10-13-33)34-15-20(19-5-3-4-6-22(19)34)24-26(29(37)31-28(24)36)25-21(30)8-7-17-11-14-38-27(17)25/h3-8,15,18H,9-14,16H2,1-2H3,(H,31,36,37). The predicted molar refractivity (Wildman–Crippen MR) is 141 cm³/mol. The number of likely N-dealkylation sites (tertiary alicyclic amines) is 1. The fraction of sp³-hybridized carbons (Fsp3) is 0.345. The molecule has 0 saturated carbocycles. The molecule has 2 aromatic carbocycles. The molecule has 38 heavy (non-hydrogen) atoms. The summed E-state index contributed by atoms with van der Waals surface area (Å²) in [6.07, 6.45) is 4.06. The van der Waals surface area contributed by atoms with Gasteiger partial charge in [-0.05, 0) is 44.6 Å². The van der Waals surface area contributed by atoms with Crippen LogP contribution in [0.3, 0.4) is 0 Å². The van der Waals surface area contributed by atoms with E-state index in [2.05, 4.69) is 9.88 Å². The van der Waals surface area contributed by atoms with Gasteiger partial charge < -0.3 is 19.1 Å². The number of carbonyl (C=O) groups excluding carboxylic acids is 3. The number of nitrogens with one attached hydrogen (secondary N) is 1. The number of rotatable bonds is 5. The minimum Gasteiger partial charge on any atom is -0.492 e. The second kappa shape index (κ2) is 9.40. The molecule has 3 amide bonds. The summed E-state index contributed by atoms with van der Waals surface area (Å²) in [4.78, 5) is 42.6. The van der Waals surface area contributed by atoms with Gasteiger partial charge in [0.1, 0.15) is 11.6 Å². The number of ether oxygens (including phenoxy) is 1. The molecule has 0 spiro atoms. The Bertz CT molecular complexity index is 1510. The van der Waals surface area contributed by atoms with Gasteiger partial charge in [0.2, 0.25) is 5.91 Å². The highest BCUT2D eigenvalue weighted by Gasteiger charge is 2.38. The summed E-state index contributed by atoms with van der Waals surface area (Å²) in [5.41, 5.74) is 2.54. The minimum absolute atomic E-state index is 0.0123. The smallest absolute Gasteiger partial charge is 0.259 e. The van der Waals surface area contributed by atoms with Crippen LogP contribution in [0.15, 0.2) is 42.6 Å². The number of aromatic nitrogens is 1. The Kier molecular flexibility index (Phi) is 6.03. The van der Waals surface area contributed by atoms with Gasteiger partial charge in [0.25, 0.3) is 11.8 Å². The topological polar surface area (TPSA) is 83.9 Å². The molecule has 1 fully saturated rings. The normalized spacial score (nSPS) is 17.9. The Labute approximate surface area is 219 Å². The molecule has 0 radical (unpaired) electrons. The molecular formula is C29H29FN4O4. The highest BCUT2D eigenvalue weighted by atomic mass is 19.1. The minimum atomic E-state index is -0.627. The maximum Gasteiger partial charge on any atom is 0.259 e. The van der Waals surface area contributed by atoms with Gasteiger partial charge in [-0.2, -0.15) is 0 Å². The lowest BCUT2D eigenvalue weighted by molar-refractivity contribution is -0.133. The SMILES string of the molecule is CN(C)CC(=O)N1CCC(n2cc(C3=C(c4c(F)ccc5c4OCC5)C(=O)NC3=O)c3ccccc32)CC1. The monoisotopic (exact) mass is 516 g/mol. The molecule has 3 aliphatic heterocycles. The summed E-state index contributed by atoms with van der Waals surface area (Å²) in [7, 11) is 3.76. The summed E-state index contributed by atoms with van der Waals surface area (Å²) in [5, 5.41) is 3.20. The van der Waals surface area contributed by atoms with Crippen LogP contribution in [0.5, 0.6) is 5.75 Å². The molecule has 4 heterocycles. The first-order valence-corrected chi connectivity index (χ1v) is 12.9. The van der Waals surface area contributed by atoms with Crippen LogP contribution in [0.2, 0.25) is 0 Å². The first-order valence-electron chi connectivity index (χ1n) is 12.9. The van der Waals surface area contributed by atoms with Gasteiger partial charge in [-0.25, -0.2) is 4.39 Å². The van der Waals surface area contributed by atoms with Crippen molar-refractivity contribution in [2.45, 2.75) is 25.3 Å². The lowest BCUT2D eigenvalue weighted by Crippen LogP contribution is -2.42. The average Bonchev–Trinajstić information content (AvgIpc) is 3.59. The number of halogens is 1. The predicted octanol–water partition coefficient (Wildman–Crippen LogP) is 3.01. The molecule has 3 aromatic rings. The molecule has 0 atom stereocenters. The van der Waals surface area contributed by atoms with Crippen molar-refractivity contribution in [3.8, 4) is 5.75 Å². The molecule has 8 nitrogen and oxygen atoms in total. The Morgan fingerprint density at radius 2 is 1.82 bits per heavy atom. The lowest BCUT2D eigenvalue weighted by Gasteiger charge is -2.33. The maximum atomic E-state index is 15.2. The number of imide groups is 1. The third-order valence-electron chi connectivity index (χ3n) is 7.66. The molecule has 0 unspecified atom stereocenters. The number of piperidine rings is 1. The van der Waals surface area contributed by atoms with E-state index in [1.807, 2.05) is 54.4 Å². The number of carbonyl (C=O) groups is 3. The Morgan fingerprint density at radius 3 is 2.58 bits per heavy atom. The number of hydrogen-bond donors (Lipinski definition) is 1. The number of hydrogen-bond acceptors (Lipinski definition) is 5. The average molecular weight is 517 g/mol. The molecule has 6 rings (SSSR count). The van der Waals surface area contributed by atoms with Gasteiger partial charge in [-0.3, -0.25) is 19.7 Å². The van der Waals surface area contributed by atoms with Crippen LogP contribution in [-0.4, -0.2) is 72.4 Å². The van der Waals surface area contributed by atoms with Gasteiger partial charge in [-0.1, -0.05) is 24.3 Å². The highest BCUT2D eigenvalue weighted by Crippen LogP contribution is 2.43. The number of benzene rings is 2. The molecule has 1 aromatic heterocycles. The third-order valence-corrected chi connectivity index (χ3v) is 7.66. The van der Waals surface area contributed by atoms with Crippen molar-refractivity contribution in [2.75, 3.05) is 40.3 Å². The van der Waals surface area contributed by atoms with E-state index in [9.17, 15) is 14.4 Å². The van der Waals surface area contributed by atoms with Crippen molar-refractivity contribution in [2.24, 2.45) is 0 Å². The third kappa shape index (κ3) is 3.98.